The fraction of sp³-hybridized carbons (Fsp3) is 0.280. The highest BCUT2D eigenvalue weighted by Gasteiger charge is 2.36. The lowest BCUT2D eigenvalue weighted by Gasteiger charge is -2.13. The zero-order chi connectivity index (χ0) is 27.1. The summed E-state index contributed by atoms with van der Waals surface area (Å²) in [6.45, 7) is 3.88. The van der Waals surface area contributed by atoms with Crippen molar-refractivity contribution in [2.75, 3.05) is 32.2 Å². The molecule has 0 spiro atoms. The van der Waals surface area contributed by atoms with Crippen molar-refractivity contribution in [3.63, 3.8) is 0 Å². The summed E-state index contributed by atoms with van der Waals surface area (Å²) in [6.07, 6.45) is 2.19. The first-order valence-electron chi connectivity index (χ1n) is 11.2. The molecule has 1 aliphatic heterocycles. The quantitative estimate of drug-likeness (QED) is 0.267. The Hall–Kier alpha value is -3.02. The number of amides is 3. The van der Waals surface area contributed by atoms with Gasteiger partial charge in [0.15, 0.2) is 11.5 Å². The molecule has 0 atom stereocenters. The minimum Gasteiger partial charge on any atom is -0.493 e. The number of benzene rings is 2. The number of nitrogens with zero attached hydrogens (tertiary/aromatic N) is 1. The molecule has 2 aromatic carbocycles. The zero-order valence-corrected chi connectivity index (χ0v) is 23.4. The highest BCUT2D eigenvalue weighted by Crippen LogP contribution is 2.38. The third-order valence-corrected chi connectivity index (χ3v) is 6.88. The van der Waals surface area contributed by atoms with Crippen molar-refractivity contribution >= 4 is 74.1 Å². The van der Waals surface area contributed by atoms with E-state index in [4.69, 9.17) is 25.8 Å². The first-order chi connectivity index (χ1) is 17.7. The van der Waals surface area contributed by atoms with E-state index in [2.05, 4.69) is 21.2 Å². The van der Waals surface area contributed by atoms with Gasteiger partial charge in [0.05, 0.1) is 35.8 Å². The second-order valence-electron chi connectivity index (χ2n) is 7.60. The van der Waals surface area contributed by atoms with Gasteiger partial charge in [0.2, 0.25) is 5.91 Å². The molecular weight excluding hydrogens is 588 g/mol. The van der Waals surface area contributed by atoms with Crippen LogP contribution in [0.4, 0.5) is 10.5 Å². The van der Waals surface area contributed by atoms with E-state index < -0.39 is 29.6 Å². The molecule has 1 fully saturated rings. The summed E-state index contributed by atoms with van der Waals surface area (Å²) < 4.78 is 16.6. The second kappa shape index (κ2) is 13.0. The Bertz CT molecular complexity index is 1270. The largest absolute Gasteiger partial charge is 0.493 e. The molecule has 1 N–H and O–H groups in total. The second-order valence-corrected chi connectivity index (χ2v) is 9.86. The van der Waals surface area contributed by atoms with E-state index in [0.717, 1.165) is 16.7 Å². The molecule has 0 saturated carbocycles. The number of thioether (sulfide) groups is 1. The lowest BCUT2D eigenvalue weighted by molar-refractivity contribution is -0.127. The van der Waals surface area contributed by atoms with Crippen LogP contribution in [0.1, 0.15) is 36.2 Å². The normalized spacial score (nSPS) is 14.2. The Balaban J connectivity index is 1.73. The third kappa shape index (κ3) is 7.06. The Morgan fingerprint density at radius 1 is 1.16 bits per heavy atom. The summed E-state index contributed by atoms with van der Waals surface area (Å²) in [6, 6.07) is 7.72. The summed E-state index contributed by atoms with van der Waals surface area (Å²) in [5.41, 5.74) is 0.961. The Labute approximate surface area is 231 Å². The fourth-order valence-corrected chi connectivity index (χ4v) is 4.70. The summed E-state index contributed by atoms with van der Waals surface area (Å²) in [5, 5.41) is 2.17. The van der Waals surface area contributed by atoms with E-state index in [1.165, 1.54) is 25.3 Å². The smallest absolute Gasteiger partial charge is 0.339 e. The van der Waals surface area contributed by atoms with Crippen LogP contribution in [0.15, 0.2) is 39.7 Å². The van der Waals surface area contributed by atoms with Crippen molar-refractivity contribution < 1.29 is 33.4 Å². The van der Waals surface area contributed by atoms with Gasteiger partial charge in [-0.05, 0) is 67.1 Å². The molecule has 2 aromatic rings. The lowest BCUT2D eigenvalue weighted by atomic mass is 10.2. The average molecular weight is 612 g/mol. The number of nitrogens with one attached hydrogen (secondary N) is 1. The maximum atomic E-state index is 12.9. The fourth-order valence-electron chi connectivity index (χ4n) is 3.24. The molecular formula is C25H24BrClN2O7S. The molecule has 12 heteroatoms. The standard InChI is InChI=1S/C25H24BrClN2O7S/c1-4-8-36-24(32)16-11-15(6-7-18(16)27)28-22(30)13-29-23(31)21(37-25(29)33)10-14-9-19(34-3)20(35-5-2)12-17(14)26/h6-7,9-12H,4-5,8,13H2,1-3H3,(H,28,30)/b21-10-. The van der Waals surface area contributed by atoms with Crippen LogP contribution in [0.2, 0.25) is 5.02 Å². The van der Waals surface area contributed by atoms with Crippen LogP contribution in [0.25, 0.3) is 6.08 Å². The number of hydrogen-bond donors (Lipinski definition) is 1. The highest BCUT2D eigenvalue weighted by molar-refractivity contribution is 9.10. The third-order valence-electron chi connectivity index (χ3n) is 4.95. The van der Waals surface area contributed by atoms with Gasteiger partial charge in [-0.3, -0.25) is 19.3 Å². The van der Waals surface area contributed by atoms with Crippen molar-refractivity contribution in [2.24, 2.45) is 0 Å². The van der Waals surface area contributed by atoms with E-state index >= 15 is 0 Å². The van der Waals surface area contributed by atoms with Gasteiger partial charge in [-0.1, -0.05) is 34.5 Å². The van der Waals surface area contributed by atoms with Gasteiger partial charge in [0.1, 0.15) is 6.54 Å². The van der Waals surface area contributed by atoms with Crippen LogP contribution in [0.5, 0.6) is 11.5 Å². The van der Waals surface area contributed by atoms with E-state index in [0.29, 0.717) is 34.6 Å². The Kier molecular flexibility index (Phi) is 10.0. The maximum absolute atomic E-state index is 12.9. The van der Waals surface area contributed by atoms with Crippen molar-refractivity contribution in [3.05, 3.63) is 55.9 Å². The maximum Gasteiger partial charge on any atom is 0.339 e. The summed E-state index contributed by atoms with van der Waals surface area (Å²) in [7, 11) is 1.50. The topological polar surface area (TPSA) is 111 Å². The predicted molar refractivity (Wildman–Crippen MR) is 145 cm³/mol. The molecule has 3 amide bonds. The number of carbonyl (C=O) groups is 4. The molecule has 0 radical (unpaired) electrons. The summed E-state index contributed by atoms with van der Waals surface area (Å²) >= 11 is 10.2. The van der Waals surface area contributed by atoms with Crippen LogP contribution in [0.3, 0.4) is 0 Å². The monoisotopic (exact) mass is 610 g/mol. The van der Waals surface area contributed by atoms with Crippen LogP contribution in [-0.4, -0.2) is 54.8 Å². The number of esters is 1. The SMILES string of the molecule is CCCOC(=O)c1cc(NC(=O)CN2C(=O)S/C(=C\c3cc(OC)c(OCC)cc3Br)C2=O)ccc1Cl. The Morgan fingerprint density at radius 2 is 1.92 bits per heavy atom. The number of halogens is 2. The number of rotatable bonds is 10. The summed E-state index contributed by atoms with van der Waals surface area (Å²) in [4.78, 5) is 51.2. The molecule has 3 rings (SSSR count). The molecule has 1 heterocycles. The first kappa shape index (κ1) is 28.5. The van der Waals surface area contributed by atoms with Gasteiger partial charge in [-0.2, -0.15) is 0 Å². The van der Waals surface area contributed by atoms with Gasteiger partial charge in [-0.15, -0.1) is 0 Å². The van der Waals surface area contributed by atoms with Crippen LogP contribution in [0, 0.1) is 0 Å². The molecule has 0 aromatic heterocycles. The predicted octanol–water partition coefficient (Wildman–Crippen LogP) is 5.75. The number of carbonyl (C=O) groups excluding carboxylic acids is 4. The first-order valence-corrected chi connectivity index (χ1v) is 13.2. The van der Waals surface area contributed by atoms with Gasteiger partial charge in [0, 0.05) is 10.2 Å². The molecule has 37 heavy (non-hydrogen) atoms. The van der Waals surface area contributed by atoms with Gasteiger partial charge in [0.25, 0.3) is 11.1 Å². The molecule has 0 bridgehead atoms. The van der Waals surface area contributed by atoms with E-state index in [1.54, 1.807) is 18.2 Å². The molecule has 0 aliphatic carbocycles. The number of imide groups is 1. The number of methoxy groups -OCH3 is 1. The van der Waals surface area contributed by atoms with E-state index in [1.807, 2.05) is 13.8 Å². The molecule has 196 valence electrons. The zero-order valence-electron chi connectivity index (χ0n) is 20.3. The number of ether oxygens (including phenoxy) is 3. The highest BCUT2D eigenvalue weighted by atomic mass is 79.9. The molecule has 1 saturated heterocycles. The van der Waals surface area contributed by atoms with Crippen LogP contribution >= 0.6 is 39.3 Å². The molecule has 0 unspecified atom stereocenters. The van der Waals surface area contributed by atoms with E-state index in [9.17, 15) is 19.2 Å². The van der Waals surface area contributed by atoms with Crippen molar-refractivity contribution in [3.8, 4) is 11.5 Å². The van der Waals surface area contributed by atoms with Crippen molar-refractivity contribution in [1.82, 2.24) is 4.90 Å². The minimum atomic E-state index is -0.623. The van der Waals surface area contributed by atoms with Crippen molar-refractivity contribution in [2.45, 2.75) is 20.3 Å². The number of hydrogen-bond acceptors (Lipinski definition) is 8. The van der Waals surface area contributed by atoms with Gasteiger partial charge >= 0.3 is 5.97 Å². The number of anilines is 1. The van der Waals surface area contributed by atoms with Crippen LogP contribution in [-0.2, 0) is 14.3 Å². The van der Waals surface area contributed by atoms with Crippen molar-refractivity contribution in [1.29, 1.82) is 0 Å². The lowest BCUT2D eigenvalue weighted by Crippen LogP contribution is -2.36. The van der Waals surface area contributed by atoms with Crippen LogP contribution < -0.4 is 14.8 Å². The summed E-state index contributed by atoms with van der Waals surface area (Å²) in [5.74, 6) is -0.845. The minimum absolute atomic E-state index is 0.0957. The van der Waals surface area contributed by atoms with E-state index in [-0.39, 0.29) is 27.8 Å². The van der Waals surface area contributed by atoms with Gasteiger partial charge < -0.3 is 19.5 Å². The Morgan fingerprint density at radius 3 is 2.59 bits per heavy atom. The average Bonchev–Trinajstić information content (AvgIpc) is 3.12. The molecule has 9 nitrogen and oxygen atoms in total. The van der Waals surface area contributed by atoms with Gasteiger partial charge in [-0.25, -0.2) is 4.79 Å². The molecule has 1 aliphatic rings.